The molecule has 0 N–H and O–H groups in total. The summed E-state index contributed by atoms with van der Waals surface area (Å²) in [6.45, 7) is 3.73. The zero-order valence-corrected chi connectivity index (χ0v) is 15.7. The Hall–Kier alpha value is -2.54. The van der Waals surface area contributed by atoms with Crippen LogP contribution < -0.4 is 9.47 Å². The molecule has 5 aliphatic rings. The van der Waals surface area contributed by atoms with Crippen molar-refractivity contribution >= 4 is 5.91 Å². The Balaban J connectivity index is 1.34. The van der Waals surface area contributed by atoms with Crippen LogP contribution in [-0.2, 0) is 11.3 Å². The fourth-order valence-electron chi connectivity index (χ4n) is 5.77. The summed E-state index contributed by atoms with van der Waals surface area (Å²) >= 11 is 0. The second-order valence-corrected chi connectivity index (χ2v) is 8.35. The maximum Gasteiger partial charge on any atom is 0.242 e. The molecule has 6 heterocycles. The normalized spacial score (nSPS) is 32.6. The summed E-state index contributed by atoms with van der Waals surface area (Å²) in [7, 11) is 0. The second kappa shape index (κ2) is 6.24. The van der Waals surface area contributed by atoms with Gasteiger partial charge in [-0.05, 0) is 49.5 Å². The molecule has 7 rings (SSSR count). The van der Waals surface area contributed by atoms with Crippen molar-refractivity contribution in [2.24, 2.45) is 5.92 Å². The summed E-state index contributed by atoms with van der Waals surface area (Å²) in [4.78, 5) is 22.1. The van der Waals surface area contributed by atoms with E-state index in [-0.39, 0.29) is 5.91 Å². The Kier molecular flexibility index (Phi) is 3.66. The maximum absolute atomic E-state index is 13.2. The lowest BCUT2D eigenvalue weighted by molar-refractivity contribution is -0.136. The van der Waals surface area contributed by atoms with Crippen LogP contribution in [-0.4, -0.2) is 63.8 Å². The van der Waals surface area contributed by atoms with E-state index in [4.69, 9.17) is 9.47 Å². The number of ether oxygens (including phenoxy) is 2. The van der Waals surface area contributed by atoms with E-state index < -0.39 is 0 Å². The lowest BCUT2D eigenvalue weighted by Gasteiger charge is -2.51. The van der Waals surface area contributed by atoms with Gasteiger partial charge in [0, 0.05) is 30.9 Å². The lowest BCUT2D eigenvalue weighted by atomic mass is 9.75. The highest BCUT2D eigenvalue weighted by molar-refractivity contribution is 5.77. The topological polar surface area (TPSA) is 59.8 Å². The van der Waals surface area contributed by atoms with Crippen molar-refractivity contribution in [3.63, 3.8) is 0 Å². The van der Waals surface area contributed by atoms with Gasteiger partial charge in [-0.25, -0.2) is 4.98 Å². The molecule has 1 aromatic carbocycles. The predicted octanol–water partition coefficient (Wildman–Crippen LogP) is 1.70. The first-order chi connectivity index (χ1) is 13.8. The van der Waals surface area contributed by atoms with Crippen molar-refractivity contribution < 1.29 is 14.3 Å². The van der Waals surface area contributed by atoms with Crippen LogP contribution in [0.5, 0.6) is 11.5 Å². The first-order valence-electron chi connectivity index (χ1n) is 10.2. The molecule has 2 bridgehead atoms. The van der Waals surface area contributed by atoms with E-state index in [1.54, 1.807) is 12.5 Å². The number of carbonyl (C=O) groups is 1. The van der Waals surface area contributed by atoms with Gasteiger partial charge in [-0.15, -0.1) is 0 Å². The van der Waals surface area contributed by atoms with Gasteiger partial charge in [0.15, 0.2) is 11.5 Å². The molecular formula is C21H24N4O3. The van der Waals surface area contributed by atoms with E-state index >= 15 is 0 Å². The van der Waals surface area contributed by atoms with Crippen molar-refractivity contribution in [1.29, 1.82) is 0 Å². The third-order valence-corrected chi connectivity index (χ3v) is 7.02. The van der Waals surface area contributed by atoms with E-state index in [9.17, 15) is 4.79 Å². The van der Waals surface area contributed by atoms with Crippen molar-refractivity contribution in [2.45, 2.75) is 37.4 Å². The number of hydrogen-bond acceptors (Lipinski definition) is 5. The van der Waals surface area contributed by atoms with E-state index in [2.05, 4.69) is 26.9 Å². The molecule has 0 radical (unpaired) electrons. The van der Waals surface area contributed by atoms with E-state index in [1.165, 1.54) is 18.4 Å². The Morgan fingerprint density at radius 1 is 1.14 bits per heavy atom. The maximum atomic E-state index is 13.2. The largest absolute Gasteiger partial charge is 0.454 e. The number of fused-ring (bicyclic) bond motifs is 3. The fraction of sp³-hybridized carbons (Fsp3) is 0.524. The average molecular weight is 380 g/mol. The number of aromatic nitrogens is 2. The van der Waals surface area contributed by atoms with Crippen LogP contribution in [0.3, 0.4) is 0 Å². The minimum atomic E-state index is 0.199. The minimum absolute atomic E-state index is 0.199. The molecule has 1 amide bonds. The van der Waals surface area contributed by atoms with Crippen LogP contribution in [0.4, 0.5) is 0 Å². The van der Waals surface area contributed by atoms with Gasteiger partial charge in [0.05, 0.1) is 12.4 Å². The molecular weight excluding hydrogens is 356 g/mol. The van der Waals surface area contributed by atoms with Crippen LogP contribution in [0, 0.1) is 5.92 Å². The summed E-state index contributed by atoms with van der Waals surface area (Å²) in [6.07, 6.45) is 7.70. The first kappa shape index (κ1) is 16.4. The number of hydrogen-bond donors (Lipinski definition) is 0. The summed E-state index contributed by atoms with van der Waals surface area (Å²) in [5.74, 6) is 2.77. The van der Waals surface area contributed by atoms with Crippen molar-refractivity contribution in [3.8, 4) is 11.5 Å². The summed E-state index contributed by atoms with van der Waals surface area (Å²) < 4.78 is 13.0. The van der Waals surface area contributed by atoms with Crippen LogP contribution in [0.1, 0.15) is 24.3 Å². The third kappa shape index (κ3) is 2.45. The number of nitrogens with zero attached hydrogens (tertiary/aromatic N) is 4. The van der Waals surface area contributed by atoms with Gasteiger partial charge in [0.1, 0.15) is 6.54 Å². The highest BCUT2D eigenvalue weighted by atomic mass is 16.7. The third-order valence-electron chi connectivity index (χ3n) is 7.02. The van der Waals surface area contributed by atoms with Crippen LogP contribution in [0.25, 0.3) is 0 Å². The molecule has 5 aliphatic heterocycles. The quantitative estimate of drug-likeness (QED) is 0.811. The van der Waals surface area contributed by atoms with Crippen LogP contribution in [0.15, 0.2) is 36.9 Å². The van der Waals surface area contributed by atoms with Crippen molar-refractivity contribution in [3.05, 3.63) is 42.5 Å². The van der Waals surface area contributed by atoms with Gasteiger partial charge in [-0.1, -0.05) is 6.07 Å². The fourth-order valence-corrected chi connectivity index (χ4v) is 5.77. The van der Waals surface area contributed by atoms with Gasteiger partial charge in [-0.2, -0.15) is 0 Å². The average Bonchev–Trinajstić information content (AvgIpc) is 3.47. The number of rotatable bonds is 3. The van der Waals surface area contributed by atoms with Crippen molar-refractivity contribution in [2.75, 3.05) is 26.4 Å². The Morgan fingerprint density at radius 2 is 2.00 bits per heavy atom. The number of likely N-dealkylation sites (tertiary alicyclic amines) is 1. The van der Waals surface area contributed by atoms with Gasteiger partial charge in [-0.3, -0.25) is 9.69 Å². The lowest BCUT2D eigenvalue weighted by Crippen LogP contribution is -2.61. The minimum Gasteiger partial charge on any atom is -0.454 e. The highest BCUT2D eigenvalue weighted by Crippen LogP contribution is 2.47. The Labute approximate surface area is 163 Å². The molecule has 2 aromatic rings. The molecule has 3 atom stereocenters. The SMILES string of the molecule is O=C(Cn1ccnc1)N1C[C@H](c2ccc3c(c2)OCO3)[C@H]2[C@@H]1C1CCN2CC1. The Bertz CT molecular complexity index is 891. The highest BCUT2D eigenvalue weighted by Gasteiger charge is 2.54. The number of amides is 1. The van der Waals surface area contributed by atoms with E-state index in [0.29, 0.717) is 37.3 Å². The zero-order chi connectivity index (χ0) is 18.7. The van der Waals surface area contributed by atoms with Gasteiger partial charge >= 0.3 is 0 Å². The van der Waals surface area contributed by atoms with Crippen LogP contribution >= 0.6 is 0 Å². The molecule has 0 aliphatic carbocycles. The molecule has 4 fully saturated rings. The summed E-state index contributed by atoms with van der Waals surface area (Å²) in [5, 5.41) is 0. The summed E-state index contributed by atoms with van der Waals surface area (Å²) in [5.41, 5.74) is 1.25. The molecule has 0 unspecified atom stereocenters. The zero-order valence-electron chi connectivity index (χ0n) is 15.7. The smallest absolute Gasteiger partial charge is 0.242 e. The first-order valence-corrected chi connectivity index (χ1v) is 10.2. The van der Waals surface area contributed by atoms with E-state index in [0.717, 1.165) is 31.1 Å². The standard InChI is InChI=1S/C21H24N4O3/c26-19(11-23-8-5-22-12-23)25-10-16(15-1-2-17-18(9-15)28-13-27-17)21-20(25)14-3-6-24(21)7-4-14/h1-2,5,8-9,12,14,16,20-21H,3-4,6-7,10-11,13H2/t16-,20+,21+/m1/s1. The van der Waals surface area contributed by atoms with Gasteiger partial charge in [0.2, 0.25) is 12.7 Å². The monoisotopic (exact) mass is 380 g/mol. The number of piperidine rings is 3. The summed E-state index contributed by atoms with van der Waals surface area (Å²) in [6, 6.07) is 7.01. The molecule has 28 heavy (non-hydrogen) atoms. The molecule has 146 valence electrons. The number of imidazole rings is 1. The molecule has 7 nitrogen and oxygen atoms in total. The molecule has 1 aromatic heterocycles. The number of benzene rings is 1. The van der Waals surface area contributed by atoms with E-state index in [1.807, 2.05) is 16.8 Å². The van der Waals surface area contributed by atoms with Gasteiger partial charge < -0.3 is 18.9 Å². The molecule has 7 heteroatoms. The number of carbonyl (C=O) groups excluding carboxylic acids is 1. The molecule has 0 saturated carbocycles. The predicted molar refractivity (Wildman–Crippen MR) is 101 cm³/mol. The molecule has 0 spiro atoms. The Morgan fingerprint density at radius 3 is 2.82 bits per heavy atom. The van der Waals surface area contributed by atoms with Crippen LogP contribution in [0.2, 0.25) is 0 Å². The second-order valence-electron chi connectivity index (χ2n) is 8.35. The molecule has 4 saturated heterocycles. The van der Waals surface area contributed by atoms with Crippen molar-refractivity contribution in [1.82, 2.24) is 19.4 Å². The van der Waals surface area contributed by atoms with Gasteiger partial charge in [0.25, 0.3) is 0 Å².